The maximum atomic E-state index is 11.2. The molecule has 0 aliphatic carbocycles. The van der Waals surface area contributed by atoms with Gasteiger partial charge in [0.05, 0.1) is 16.9 Å². The van der Waals surface area contributed by atoms with Crippen LogP contribution in [0.2, 0.25) is 0 Å². The number of nitrogens with one attached hydrogen (secondary N) is 1. The molecule has 3 rings (SSSR count). The Morgan fingerprint density at radius 1 is 1.50 bits per heavy atom. The molecule has 0 amide bonds. The molecule has 1 aromatic carbocycles. The van der Waals surface area contributed by atoms with Gasteiger partial charge in [-0.2, -0.15) is 0 Å². The Bertz CT molecular complexity index is 661. The number of aromatic amines is 1. The topological polar surface area (TPSA) is 95.5 Å². The Morgan fingerprint density at radius 2 is 2.35 bits per heavy atom. The van der Waals surface area contributed by atoms with E-state index in [-0.39, 0.29) is 6.61 Å². The highest BCUT2D eigenvalue weighted by Gasteiger charge is 2.26. The molecule has 1 atom stereocenters. The number of anilines is 2. The lowest BCUT2D eigenvalue weighted by Gasteiger charge is -2.28. The zero-order valence-electron chi connectivity index (χ0n) is 11.3. The summed E-state index contributed by atoms with van der Waals surface area (Å²) < 4.78 is 5.02. The summed E-state index contributed by atoms with van der Waals surface area (Å²) in [4.78, 5) is 16.2. The Labute approximate surface area is 116 Å². The Balaban J connectivity index is 1.95. The molecule has 1 fully saturated rings. The zero-order chi connectivity index (χ0) is 14.1. The second-order valence-corrected chi connectivity index (χ2v) is 5.28. The van der Waals surface area contributed by atoms with E-state index in [2.05, 4.69) is 9.88 Å². The van der Waals surface area contributed by atoms with E-state index in [9.17, 15) is 4.79 Å². The van der Waals surface area contributed by atoms with Gasteiger partial charge in [0, 0.05) is 25.3 Å². The van der Waals surface area contributed by atoms with Crippen molar-refractivity contribution in [3.05, 3.63) is 22.7 Å². The van der Waals surface area contributed by atoms with E-state index in [0.717, 1.165) is 37.9 Å². The lowest BCUT2D eigenvalue weighted by Crippen LogP contribution is -2.30. The molecule has 20 heavy (non-hydrogen) atoms. The lowest BCUT2D eigenvalue weighted by molar-refractivity contribution is 0.279. The van der Waals surface area contributed by atoms with Gasteiger partial charge in [0.1, 0.15) is 0 Å². The third-order valence-corrected chi connectivity index (χ3v) is 3.95. The minimum absolute atomic E-state index is 0.216. The number of nitrogens with two attached hydrogens (primary N) is 1. The summed E-state index contributed by atoms with van der Waals surface area (Å²) in [6.07, 6.45) is 3.98. The number of benzene rings is 1. The maximum Gasteiger partial charge on any atom is 0.417 e. The van der Waals surface area contributed by atoms with Gasteiger partial charge in [0.15, 0.2) is 5.58 Å². The fourth-order valence-corrected chi connectivity index (χ4v) is 3.03. The molecule has 2 heterocycles. The van der Waals surface area contributed by atoms with Gasteiger partial charge in [-0.3, -0.25) is 4.98 Å². The van der Waals surface area contributed by atoms with Crippen LogP contribution in [0.25, 0.3) is 11.1 Å². The largest absolute Gasteiger partial charge is 0.417 e. The first-order chi connectivity index (χ1) is 9.69. The Hall–Kier alpha value is -1.95. The summed E-state index contributed by atoms with van der Waals surface area (Å²) in [5, 5.41) is 8.99. The molecule has 6 nitrogen and oxygen atoms in total. The van der Waals surface area contributed by atoms with Crippen LogP contribution < -0.4 is 16.4 Å². The van der Waals surface area contributed by atoms with E-state index in [1.54, 1.807) is 6.07 Å². The second kappa shape index (κ2) is 5.20. The number of rotatable bonds is 4. The average molecular weight is 277 g/mol. The standard InChI is InChI=1S/C14H19N3O3/c15-10-7-13-11(16-14(19)20-13)8-12(10)17-5-1-3-9(17)4-2-6-18/h7-9,18H,1-6,15H2,(H,16,19). The molecule has 1 aliphatic heterocycles. The van der Waals surface area contributed by atoms with Crippen molar-refractivity contribution in [1.29, 1.82) is 0 Å². The second-order valence-electron chi connectivity index (χ2n) is 5.28. The number of hydrogen-bond donors (Lipinski definition) is 3. The first kappa shape index (κ1) is 13.1. The highest BCUT2D eigenvalue weighted by atomic mass is 16.4. The van der Waals surface area contributed by atoms with Gasteiger partial charge < -0.3 is 20.2 Å². The van der Waals surface area contributed by atoms with Gasteiger partial charge in [-0.05, 0) is 31.7 Å². The molecule has 1 aromatic heterocycles. The van der Waals surface area contributed by atoms with Crippen LogP contribution >= 0.6 is 0 Å². The van der Waals surface area contributed by atoms with Crippen molar-refractivity contribution < 1.29 is 9.52 Å². The maximum absolute atomic E-state index is 11.2. The van der Waals surface area contributed by atoms with Crippen molar-refractivity contribution in [2.75, 3.05) is 23.8 Å². The van der Waals surface area contributed by atoms with Crippen molar-refractivity contribution in [3.8, 4) is 0 Å². The Morgan fingerprint density at radius 3 is 3.15 bits per heavy atom. The van der Waals surface area contributed by atoms with Gasteiger partial charge in [-0.25, -0.2) is 4.79 Å². The molecular weight excluding hydrogens is 258 g/mol. The smallest absolute Gasteiger partial charge is 0.408 e. The van der Waals surface area contributed by atoms with E-state index in [1.165, 1.54) is 0 Å². The lowest BCUT2D eigenvalue weighted by atomic mass is 10.1. The van der Waals surface area contributed by atoms with Gasteiger partial charge in [0.2, 0.25) is 0 Å². The van der Waals surface area contributed by atoms with E-state index in [1.807, 2.05) is 6.07 Å². The molecule has 4 N–H and O–H groups in total. The number of aliphatic hydroxyl groups is 1. The van der Waals surface area contributed by atoms with Crippen LogP contribution in [0, 0.1) is 0 Å². The third-order valence-electron chi connectivity index (χ3n) is 3.95. The van der Waals surface area contributed by atoms with Crippen LogP contribution in [0.4, 0.5) is 11.4 Å². The van der Waals surface area contributed by atoms with E-state index >= 15 is 0 Å². The summed E-state index contributed by atoms with van der Waals surface area (Å²) in [6, 6.07) is 3.98. The van der Waals surface area contributed by atoms with Crippen LogP contribution in [0.5, 0.6) is 0 Å². The number of H-pyrrole nitrogens is 1. The van der Waals surface area contributed by atoms with Gasteiger partial charge in [0.25, 0.3) is 0 Å². The van der Waals surface area contributed by atoms with Crippen molar-refractivity contribution in [2.24, 2.45) is 0 Å². The predicted molar refractivity (Wildman–Crippen MR) is 77.9 cm³/mol. The monoisotopic (exact) mass is 277 g/mol. The number of aromatic nitrogens is 1. The van der Waals surface area contributed by atoms with Gasteiger partial charge >= 0.3 is 5.76 Å². The number of fused-ring (bicyclic) bond motifs is 1. The molecule has 0 spiro atoms. The van der Waals surface area contributed by atoms with Crippen molar-refractivity contribution in [3.63, 3.8) is 0 Å². The molecular formula is C14H19N3O3. The molecule has 1 saturated heterocycles. The summed E-state index contributed by atoms with van der Waals surface area (Å²) in [5.41, 5.74) is 8.82. The molecule has 1 aliphatic rings. The van der Waals surface area contributed by atoms with Crippen molar-refractivity contribution in [2.45, 2.75) is 31.7 Å². The fourth-order valence-electron chi connectivity index (χ4n) is 3.03. The minimum atomic E-state index is -0.463. The summed E-state index contributed by atoms with van der Waals surface area (Å²) in [6.45, 7) is 1.17. The van der Waals surface area contributed by atoms with Crippen LogP contribution in [0.15, 0.2) is 21.3 Å². The average Bonchev–Trinajstić information content (AvgIpc) is 3.00. The molecule has 2 aromatic rings. The first-order valence-corrected chi connectivity index (χ1v) is 6.99. The Kier molecular flexibility index (Phi) is 3.40. The number of aliphatic hydroxyl groups excluding tert-OH is 1. The minimum Gasteiger partial charge on any atom is -0.408 e. The summed E-state index contributed by atoms with van der Waals surface area (Å²) >= 11 is 0. The van der Waals surface area contributed by atoms with Crippen molar-refractivity contribution in [1.82, 2.24) is 4.98 Å². The molecule has 1 unspecified atom stereocenters. The third kappa shape index (κ3) is 2.27. The molecule has 6 heteroatoms. The molecule has 0 radical (unpaired) electrons. The normalized spacial score (nSPS) is 19.1. The first-order valence-electron chi connectivity index (χ1n) is 6.99. The van der Waals surface area contributed by atoms with E-state index < -0.39 is 5.76 Å². The number of oxazole rings is 1. The van der Waals surface area contributed by atoms with Crippen LogP contribution in [0.3, 0.4) is 0 Å². The van der Waals surface area contributed by atoms with E-state index in [0.29, 0.717) is 22.8 Å². The predicted octanol–water partition coefficient (Wildman–Crippen LogP) is 1.44. The molecule has 0 saturated carbocycles. The molecule has 108 valence electrons. The fraction of sp³-hybridized carbons (Fsp3) is 0.500. The van der Waals surface area contributed by atoms with Crippen LogP contribution in [-0.2, 0) is 0 Å². The van der Waals surface area contributed by atoms with E-state index in [4.69, 9.17) is 15.3 Å². The number of nitrogens with zero attached hydrogens (tertiary/aromatic N) is 1. The quantitative estimate of drug-likeness (QED) is 0.735. The summed E-state index contributed by atoms with van der Waals surface area (Å²) in [7, 11) is 0. The van der Waals surface area contributed by atoms with Gasteiger partial charge in [-0.1, -0.05) is 0 Å². The molecule has 0 bridgehead atoms. The van der Waals surface area contributed by atoms with Crippen molar-refractivity contribution >= 4 is 22.5 Å². The van der Waals surface area contributed by atoms with Crippen LogP contribution in [0.1, 0.15) is 25.7 Å². The van der Waals surface area contributed by atoms with Gasteiger partial charge in [-0.15, -0.1) is 0 Å². The number of nitrogen functional groups attached to an aromatic ring is 1. The number of hydrogen-bond acceptors (Lipinski definition) is 5. The SMILES string of the molecule is Nc1cc2oc(=O)[nH]c2cc1N1CCCC1CCCO. The van der Waals surface area contributed by atoms with Crippen LogP contribution in [-0.4, -0.2) is 29.3 Å². The highest BCUT2D eigenvalue weighted by molar-refractivity contribution is 5.85. The highest BCUT2D eigenvalue weighted by Crippen LogP contribution is 2.34. The summed E-state index contributed by atoms with van der Waals surface area (Å²) in [5.74, 6) is -0.463. The zero-order valence-corrected chi connectivity index (χ0v) is 11.3.